The second-order valence-corrected chi connectivity index (χ2v) is 2.92. The summed E-state index contributed by atoms with van der Waals surface area (Å²) in [6.07, 6.45) is 2.10. The molecule has 0 aliphatic heterocycles. The highest BCUT2D eigenvalue weighted by Crippen LogP contribution is 2.23. The van der Waals surface area contributed by atoms with Gasteiger partial charge in [-0.2, -0.15) is 0 Å². The molecule has 0 saturated carbocycles. The molecule has 0 saturated heterocycles. The summed E-state index contributed by atoms with van der Waals surface area (Å²) in [5.41, 5.74) is 2.20. The van der Waals surface area contributed by atoms with Gasteiger partial charge in [0.25, 0.3) is 0 Å². The lowest BCUT2D eigenvalue weighted by molar-refractivity contribution is 0.0988. The normalized spacial score (nSPS) is 14.5. The van der Waals surface area contributed by atoms with E-state index in [4.69, 9.17) is 0 Å². The SMILES string of the molecule is O=Cc1cccc2c1C(=O)CC2. The first kappa shape index (κ1) is 7.22. The van der Waals surface area contributed by atoms with Crippen molar-refractivity contribution in [1.29, 1.82) is 0 Å². The maximum Gasteiger partial charge on any atom is 0.164 e. The molecule has 0 bridgehead atoms. The van der Waals surface area contributed by atoms with Crippen LogP contribution >= 0.6 is 0 Å². The van der Waals surface area contributed by atoms with Crippen molar-refractivity contribution >= 4 is 12.1 Å². The van der Waals surface area contributed by atoms with Crippen LogP contribution in [0.4, 0.5) is 0 Å². The second kappa shape index (κ2) is 2.55. The number of hydrogen-bond donors (Lipinski definition) is 0. The minimum Gasteiger partial charge on any atom is -0.298 e. The molecule has 2 heteroatoms. The van der Waals surface area contributed by atoms with Gasteiger partial charge < -0.3 is 0 Å². The van der Waals surface area contributed by atoms with Crippen molar-refractivity contribution in [1.82, 2.24) is 0 Å². The number of hydrogen-bond acceptors (Lipinski definition) is 2. The van der Waals surface area contributed by atoms with E-state index in [0.717, 1.165) is 18.3 Å². The van der Waals surface area contributed by atoms with E-state index < -0.39 is 0 Å². The van der Waals surface area contributed by atoms with Gasteiger partial charge in [0.05, 0.1) is 0 Å². The average molecular weight is 160 g/mol. The monoisotopic (exact) mass is 160 g/mol. The summed E-state index contributed by atoms with van der Waals surface area (Å²) < 4.78 is 0. The molecule has 0 N–H and O–H groups in total. The molecule has 0 spiro atoms. The number of fused-ring (bicyclic) bond motifs is 1. The zero-order valence-corrected chi connectivity index (χ0v) is 6.54. The van der Waals surface area contributed by atoms with Crippen LogP contribution in [0.25, 0.3) is 0 Å². The lowest BCUT2D eigenvalue weighted by atomic mass is 10.0. The van der Waals surface area contributed by atoms with Crippen LogP contribution < -0.4 is 0 Å². The van der Waals surface area contributed by atoms with E-state index >= 15 is 0 Å². The van der Waals surface area contributed by atoms with Crippen molar-refractivity contribution in [2.75, 3.05) is 0 Å². The summed E-state index contributed by atoms with van der Waals surface area (Å²) in [6, 6.07) is 5.42. The molecule has 1 aliphatic carbocycles. The molecular formula is C10H8O2. The van der Waals surface area contributed by atoms with Gasteiger partial charge in [0.15, 0.2) is 12.1 Å². The second-order valence-electron chi connectivity index (χ2n) is 2.92. The van der Waals surface area contributed by atoms with Crippen molar-refractivity contribution in [2.24, 2.45) is 0 Å². The lowest BCUT2D eigenvalue weighted by Crippen LogP contribution is -1.97. The van der Waals surface area contributed by atoms with Crippen molar-refractivity contribution in [3.05, 3.63) is 34.9 Å². The van der Waals surface area contributed by atoms with E-state index in [9.17, 15) is 9.59 Å². The predicted molar refractivity (Wildman–Crippen MR) is 44.5 cm³/mol. The minimum atomic E-state index is 0.104. The van der Waals surface area contributed by atoms with E-state index in [1.807, 2.05) is 12.1 Å². The lowest BCUT2D eigenvalue weighted by Gasteiger charge is -1.98. The molecule has 2 rings (SSSR count). The van der Waals surface area contributed by atoms with Gasteiger partial charge in [0, 0.05) is 17.5 Å². The first-order valence-electron chi connectivity index (χ1n) is 3.93. The molecule has 1 aromatic carbocycles. The number of ketones is 1. The molecule has 0 atom stereocenters. The predicted octanol–water partition coefficient (Wildman–Crippen LogP) is 1.63. The topological polar surface area (TPSA) is 34.1 Å². The summed E-state index contributed by atoms with van der Waals surface area (Å²) in [4.78, 5) is 21.8. The number of benzene rings is 1. The molecule has 0 radical (unpaired) electrons. The number of aryl methyl sites for hydroxylation is 1. The number of carbonyl (C=O) groups is 2. The van der Waals surface area contributed by atoms with E-state index in [2.05, 4.69) is 0 Å². The summed E-state index contributed by atoms with van der Waals surface area (Å²) in [5, 5.41) is 0. The summed E-state index contributed by atoms with van der Waals surface area (Å²) in [7, 11) is 0. The van der Waals surface area contributed by atoms with Crippen LogP contribution in [-0.4, -0.2) is 12.1 Å². The quantitative estimate of drug-likeness (QED) is 0.585. The Morgan fingerprint density at radius 3 is 2.83 bits per heavy atom. The first-order valence-corrected chi connectivity index (χ1v) is 3.93. The van der Waals surface area contributed by atoms with Crippen LogP contribution in [0.1, 0.15) is 32.7 Å². The van der Waals surface area contributed by atoms with Crippen LogP contribution in [0, 0.1) is 0 Å². The number of aldehydes is 1. The summed E-state index contributed by atoms with van der Waals surface area (Å²) in [6.45, 7) is 0. The van der Waals surface area contributed by atoms with Gasteiger partial charge in [0.2, 0.25) is 0 Å². The van der Waals surface area contributed by atoms with Crippen LogP contribution in [0.15, 0.2) is 18.2 Å². The fourth-order valence-corrected chi connectivity index (χ4v) is 1.64. The van der Waals surface area contributed by atoms with E-state index in [1.165, 1.54) is 0 Å². The highest BCUT2D eigenvalue weighted by atomic mass is 16.1. The van der Waals surface area contributed by atoms with Crippen molar-refractivity contribution < 1.29 is 9.59 Å². The molecule has 0 unspecified atom stereocenters. The fourth-order valence-electron chi connectivity index (χ4n) is 1.64. The van der Waals surface area contributed by atoms with Gasteiger partial charge in [-0.1, -0.05) is 18.2 Å². The first-order chi connectivity index (χ1) is 5.83. The zero-order chi connectivity index (χ0) is 8.55. The molecule has 1 aromatic rings. The van der Waals surface area contributed by atoms with Crippen molar-refractivity contribution in [3.63, 3.8) is 0 Å². The zero-order valence-electron chi connectivity index (χ0n) is 6.54. The van der Waals surface area contributed by atoms with E-state index in [1.54, 1.807) is 6.07 Å². The van der Waals surface area contributed by atoms with Crippen molar-refractivity contribution in [2.45, 2.75) is 12.8 Å². The van der Waals surface area contributed by atoms with E-state index in [0.29, 0.717) is 17.5 Å². The van der Waals surface area contributed by atoms with Gasteiger partial charge in [0.1, 0.15) is 0 Å². The Morgan fingerprint density at radius 1 is 1.25 bits per heavy atom. The number of carbonyl (C=O) groups excluding carboxylic acids is 2. The van der Waals surface area contributed by atoms with Gasteiger partial charge in [-0.3, -0.25) is 9.59 Å². The number of rotatable bonds is 1. The Bertz CT molecular complexity index is 353. The highest BCUT2D eigenvalue weighted by molar-refractivity contribution is 6.06. The summed E-state index contributed by atoms with van der Waals surface area (Å²) >= 11 is 0. The summed E-state index contributed by atoms with van der Waals surface area (Å²) in [5.74, 6) is 0.104. The maximum absolute atomic E-state index is 11.3. The molecular weight excluding hydrogens is 152 g/mol. The molecule has 60 valence electrons. The Kier molecular flexibility index (Phi) is 1.54. The van der Waals surface area contributed by atoms with Crippen LogP contribution in [0.5, 0.6) is 0 Å². The number of Topliss-reactive ketones (excluding diaryl/α,β-unsaturated/α-hetero) is 1. The van der Waals surface area contributed by atoms with Crippen LogP contribution in [-0.2, 0) is 6.42 Å². The average Bonchev–Trinajstić information content (AvgIpc) is 2.48. The van der Waals surface area contributed by atoms with E-state index in [-0.39, 0.29) is 5.78 Å². The Morgan fingerprint density at radius 2 is 2.08 bits per heavy atom. The molecule has 0 aromatic heterocycles. The third kappa shape index (κ3) is 0.881. The molecule has 2 nitrogen and oxygen atoms in total. The standard InChI is InChI=1S/C10H8O2/c11-6-8-3-1-2-7-4-5-9(12)10(7)8/h1-3,6H,4-5H2. The maximum atomic E-state index is 11.3. The van der Waals surface area contributed by atoms with Gasteiger partial charge in [-0.05, 0) is 12.0 Å². The Balaban J connectivity index is 2.68. The third-order valence-corrected chi connectivity index (χ3v) is 2.21. The third-order valence-electron chi connectivity index (χ3n) is 2.21. The molecule has 1 aliphatic rings. The van der Waals surface area contributed by atoms with Gasteiger partial charge in [-0.15, -0.1) is 0 Å². The Labute approximate surface area is 70.2 Å². The highest BCUT2D eigenvalue weighted by Gasteiger charge is 2.21. The molecule has 0 heterocycles. The molecule has 0 amide bonds. The smallest absolute Gasteiger partial charge is 0.164 e. The van der Waals surface area contributed by atoms with Crippen LogP contribution in [0.3, 0.4) is 0 Å². The Hall–Kier alpha value is -1.44. The molecule has 12 heavy (non-hydrogen) atoms. The fraction of sp³-hybridized carbons (Fsp3) is 0.200. The largest absolute Gasteiger partial charge is 0.298 e. The van der Waals surface area contributed by atoms with Crippen LogP contribution in [0.2, 0.25) is 0 Å². The van der Waals surface area contributed by atoms with Crippen molar-refractivity contribution in [3.8, 4) is 0 Å². The minimum absolute atomic E-state index is 0.104. The van der Waals surface area contributed by atoms with Gasteiger partial charge in [-0.25, -0.2) is 0 Å². The molecule has 0 fully saturated rings. The van der Waals surface area contributed by atoms with Gasteiger partial charge >= 0.3 is 0 Å².